The lowest BCUT2D eigenvalue weighted by molar-refractivity contribution is -0.116. The van der Waals surface area contributed by atoms with Crippen molar-refractivity contribution in [2.24, 2.45) is 5.92 Å². The van der Waals surface area contributed by atoms with Gasteiger partial charge in [0.25, 0.3) is 5.91 Å². The third kappa shape index (κ3) is 6.88. The number of aliphatic hydroxyl groups excluding tert-OH is 1. The molecule has 0 saturated heterocycles. The molecule has 212 valence electrons. The molecule has 0 radical (unpaired) electrons. The molecular weight excluding hydrogens is 523 g/mol. The summed E-state index contributed by atoms with van der Waals surface area (Å²) >= 11 is 0. The highest BCUT2D eigenvalue weighted by atomic mass is 19.1. The zero-order valence-electron chi connectivity index (χ0n) is 22.3. The van der Waals surface area contributed by atoms with E-state index in [1.807, 2.05) is 6.92 Å². The van der Waals surface area contributed by atoms with Crippen LogP contribution in [-0.4, -0.2) is 91.8 Å². The Morgan fingerprint density at radius 3 is 2.60 bits per heavy atom. The fourth-order valence-electron chi connectivity index (χ4n) is 4.22. The van der Waals surface area contributed by atoms with E-state index in [9.17, 15) is 23.9 Å². The first kappa shape index (κ1) is 28.4. The van der Waals surface area contributed by atoms with E-state index in [4.69, 9.17) is 4.74 Å². The number of hydrogen-bond donors (Lipinski definition) is 3. The van der Waals surface area contributed by atoms with Crippen molar-refractivity contribution in [3.63, 3.8) is 0 Å². The van der Waals surface area contributed by atoms with Crippen molar-refractivity contribution in [1.29, 1.82) is 0 Å². The number of carbonyl (C=O) groups excluding carboxylic acids is 3. The Morgan fingerprint density at radius 1 is 1.20 bits per heavy atom. The monoisotopic (exact) mass is 554 g/mol. The van der Waals surface area contributed by atoms with E-state index in [-0.39, 0.29) is 49.4 Å². The number of carbonyl (C=O) groups is 3. The van der Waals surface area contributed by atoms with Crippen LogP contribution in [0.3, 0.4) is 0 Å². The summed E-state index contributed by atoms with van der Waals surface area (Å²) < 4.78 is 20.8. The van der Waals surface area contributed by atoms with E-state index in [0.29, 0.717) is 11.4 Å². The van der Waals surface area contributed by atoms with Gasteiger partial charge in [0.05, 0.1) is 24.8 Å². The lowest BCUT2D eigenvalue weighted by atomic mass is 9.99. The molecule has 0 spiro atoms. The highest BCUT2D eigenvalue weighted by molar-refractivity contribution is 6.00. The van der Waals surface area contributed by atoms with Crippen molar-refractivity contribution < 1.29 is 28.6 Å². The predicted octanol–water partition coefficient (Wildman–Crippen LogP) is 1.83. The summed E-state index contributed by atoms with van der Waals surface area (Å²) in [5.74, 6) is -1.10. The van der Waals surface area contributed by atoms with E-state index < -0.39 is 29.9 Å². The first-order valence-corrected chi connectivity index (χ1v) is 12.7. The van der Waals surface area contributed by atoms with Gasteiger partial charge in [0.15, 0.2) is 0 Å². The second kappa shape index (κ2) is 12.5. The Bertz CT molecular complexity index is 1340. The van der Waals surface area contributed by atoms with Gasteiger partial charge < -0.3 is 30.3 Å². The molecule has 1 aliphatic rings. The number of ether oxygens (including phenoxy) is 1. The summed E-state index contributed by atoms with van der Waals surface area (Å²) in [5.41, 5.74) is 1.01. The van der Waals surface area contributed by atoms with E-state index >= 15 is 0 Å². The minimum absolute atomic E-state index is 0.117. The highest BCUT2D eigenvalue weighted by Gasteiger charge is 2.34. The highest BCUT2D eigenvalue weighted by Crippen LogP contribution is 2.30. The van der Waals surface area contributed by atoms with Crippen molar-refractivity contribution in [2.45, 2.75) is 32.5 Å². The minimum atomic E-state index is -0.524. The molecule has 3 atom stereocenters. The van der Waals surface area contributed by atoms with Crippen LogP contribution in [0.15, 0.2) is 48.8 Å². The van der Waals surface area contributed by atoms with Crippen LogP contribution in [-0.2, 0) is 11.3 Å². The first-order chi connectivity index (χ1) is 19.1. The summed E-state index contributed by atoms with van der Waals surface area (Å²) in [4.78, 5) is 41.9. The molecule has 14 heteroatoms. The van der Waals surface area contributed by atoms with Crippen molar-refractivity contribution in [1.82, 2.24) is 30.0 Å². The van der Waals surface area contributed by atoms with Crippen LogP contribution in [0.4, 0.5) is 20.6 Å². The number of amides is 4. The van der Waals surface area contributed by atoms with Gasteiger partial charge in [-0.25, -0.2) is 13.9 Å². The van der Waals surface area contributed by atoms with Gasteiger partial charge in [0.2, 0.25) is 5.91 Å². The number of rotatable bonds is 8. The number of hydrogen-bond acceptors (Lipinski definition) is 8. The Balaban J connectivity index is 1.55. The van der Waals surface area contributed by atoms with Gasteiger partial charge in [0.1, 0.15) is 30.5 Å². The van der Waals surface area contributed by atoms with Crippen LogP contribution in [0, 0.1) is 11.7 Å². The molecule has 40 heavy (non-hydrogen) atoms. The molecule has 1 aromatic heterocycles. The Hall–Kier alpha value is -4.59. The van der Waals surface area contributed by atoms with E-state index in [1.54, 1.807) is 31.0 Å². The van der Waals surface area contributed by atoms with E-state index in [2.05, 4.69) is 26.2 Å². The molecule has 0 saturated carbocycles. The van der Waals surface area contributed by atoms with Gasteiger partial charge in [-0.2, -0.15) is 0 Å². The first-order valence-electron chi connectivity index (χ1n) is 12.7. The van der Waals surface area contributed by atoms with Crippen LogP contribution in [0.2, 0.25) is 0 Å². The fraction of sp³-hybridized carbons (Fsp3) is 0.385. The topological polar surface area (TPSA) is 155 Å². The van der Waals surface area contributed by atoms with Crippen LogP contribution in [0.5, 0.6) is 5.75 Å². The summed E-state index contributed by atoms with van der Waals surface area (Å²) in [5, 5.41) is 25.9. The molecule has 2 aromatic carbocycles. The molecule has 4 amide bonds. The zero-order valence-corrected chi connectivity index (χ0v) is 22.3. The number of likely N-dealkylation sites (N-methyl/N-ethyl adjacent to an activating group) is 1. The Morgan fingerprint density at radius 2 is 1.93 bits per heavy atom. The van der Waals surface area contributed by atoms with Gasteiger partial charge >= 0.3 is 6.03 Å². The number of benzene rings is 2. The molecule has 3 aromatic rings. The van der Waals surface area contributed by atoms with Crippen molar-refractivity contribution in [3.05, 3.63) is 60.2 Å². The number of fused-ring (bicyclic) bond motifs is 1. The largest absolute Gasteiger partial charge is 0.487 e. The second-order valence-corrected chi connectivity index (χ2v) is 9.71. The lowest BCUT2D eigenvalue weighted by Crippen LogP contribution is -2.50. The smallest absolute Gasteiger partial charge is 0.321 e. The van der Waals surface area contributed by atoms with Gasteiger partial charge in [-0.3, -0.25) is 9.59 Å². The average Bonchev–Trinajstić information content (AvgIpc) is 3.44. The lowest BCUT2D eigenvalue weighted by Gasteiger charge is -2.38. The minimum Gasteiger partial charge on any atom is -0.487 e. The molecule has 13 nitrogen and oxygen atoms in total. The van der Waals surface area contributed by atoms with Gasteiger partial charge in [-0.1, -0.05) is 6.92 Å². The van der Waals surface area contributed by atoms with Crippen molar-refractivity contribution in [3.8, 4) is 5.75 Å². The molecule has 0 bridgehead atoms. The molecule has 2 heterocycles. The average molecular weight is 555 g/mol. The third-order valence-corrected chi connectivity index (χ3v) is 6.54. The SMILES string of the molecule is C[C@@H]1CN([C@@H](C)CO)C(=O)c2cc(NC(=O)Cn3cnnn3)ccc2O[C@@H]1CN(C)C(=O)Nc1ccc(F)cc1. The van der Waals surface area contributed by atoms with Gasteiger partial charge in [0, 0.05) is 30.9 Å². The van der Waals surface area contributed by atoms with Crippen molar-refractivity contribution >= 4 is 29.2 Å². The molecule has 0 aliphatic carbocycles. The normalized spacial score (nSPS) is 17.6. The number of halogens is 1. The second-order valence-electron chi connectivity index (χ2n) is 9.71. The zero-order chi connectivity index (χ0) is 28.8. The molecule has 0 unspecified atom stereocenters. The number of nitrogens with zero attached hydrogens (tertiary/aromatic N) is 6. The Labute approximate surface area is 229 Å². The number of nitrogens with one attached hydrogen (secondary N) is 2. The van der Waals surface area contributed by atoms with Crippen LogP contribution in [0.25, 0.3) is 0 Å². The molecule has 3 N–H and O–H groups in total. The maximum Gasteiger partial charge on any atom is 0.321 e. The van der Waals surface area contributed by atoms with Crippen molar-refractivity contribution in [2.75, 3.05) is 37.4 Å². The number of aliphatic hydroxyl groups is 1. The van der Waals surface area contributed by atoms with Crippen LogP contribution in [0.1, 0.15) is 24.2 Å². The van der Waals surface area contributed by atoms with Gasteiger partial charge in [-0.15, -0.1) is 5.10 Å². The number of urea groups is 1. The maximum atomic E-state index is 13.6. The summed E-state index contributed by atoms with van der Waals surface area (Å²) in [6.07, 6.45) is 0.786. The molecule has 0 fully saturated rings. The van der Waals surface area contributed by atoms with Gasteiger partial charge in [-0.05, 0) is 59.8 Å². The van der Waals surface area contributed by atoms with Crippen LogP contribution >= 0.6 is 0 Å². The number of anilines is 2. The fourth-order valence-corrected chi connectivity index (χ4v) is 4.22. The molecule has 1 aliphatic heterocycles. The summed E-state index contributed by atoms with van der Waals surface area (Å²) in [6, 6.07) is 9.25. The van der Waals surface area contributed by atoms with E-state index in [0.717, 1.165) is 0 Å². The third-order valence-electron chi connectivity index (χ3n) is 6.54. The number of aromatic nitrogens is 4. The number of tetrazole rings is 1. The quantitative estimate of drug-likeness (QED) is 0.381. The van der Waals surface area contributed by atoms with E-state index in [1.165, 1.54) is 46.2 Å². The molecular formula is C26H31FN8O5. The molecule has 4 rings (SSSR count). The predicted molar refractivity (Wildman–Crippen MR) is 142 cm³/mol. The maximum absolute atomic E-state index is 13.6. The summed E-state index contributed by atoms with van der Waals surface area (Å²) in [7, 11) is 1.61. The standard InChI is InChI=1S/C26H31FN8O5/c1-16-11-35(17(2)14-36)25(38)21-10-20(29-24(37)13-34-15-28-31-32-34)8-9-22(21)40-23(16)12-33(3)26(39)30-19-6-4-18(27)5-7-19/h4-10,15-17,23,36H,11-14H2,1-3H3,(H,29,37)(H,30,39)/t16-,17+,23-/m1/s1. The Kier molecular flexibility index (Phi) is 8.89. The summed E-state index contributed by atoms with van der Waals surface area (Å²) in [6.45, 7) is 3.71. The van der Waals surface area contributed by atoms with Crippen LogP contribution < -0.4 is 15.4 Å².